The molecule has 1 aliphatic heterocycles. The van der Waals surface area contributed by atoms with Crippen LogP contribution in [0.25, 0.3) is 0 Å². The molecule has 0 spiro atoms. The molecule has 0 bridgehead atoms. The quantitative estimate of drug-likeness (QED) is 0.819. The molecule has 17 heavy (non-hydrogen) atoms. The van der Waals surface area contributed by atoms with Crippen LogP contribution in [0.3, 0.4) is 0 Å². The van der Waals surface area contributed by atoms with E-state index in [-0.39, 0.29) is 5.91 Å². The third-order valence-corrected chi connectivity index (χ3v) is 3.18. The first-order chi connectivity index (χ1) is 8.18. The maximum Gasteiger partial charge on any atom is 0.244 e. The van der Waals surface area contributed by atoms with Crippen molar-refractivity contribution in [3.8, 4) is 0 Å². The molecule has 5 heteroatoms. The minimum absolute atomic E-state index is 0.0196. The summed E-state index contributed by atoms with van der Waals surface area (Å²) in [5, 5.41) is 3.85. The number of carbonyl (C=O) groups is 1. The molecule has 0 radical (unpaired) electrons. The van der Waals surface area contributed by atoms with Crippen LogP contribution >= 0.6 is 11.6 Å². The summed E-state index contributed by atoms with van der Waals surface area (Å²) in [4.78, 5) is 13.9. The number of amides is 1. The largest absolute Gasteiger partial charge is 0.339 e. The molecule has 1 atom stereocenters. The van der Waals surface area contributed by atoms with Crippen LogP contribution in [0, 0.1) is 0 Å². The van der Waals surface area contributed by atoms with Crippen LogP contribution in [0.15, 0.2) is 24.3 Å². The average Bonchev–Trinajstić information content (AvgIpc) is 2.39. The summed E-state index contributed by atoms with van der Waals surface area (Å²) in [7, 11) is 0. The zero-order valence-electron chi connectivity index (χ0n) is 9.53. The van der Waals surface area contributed by atoms with Gasteiger partial charge in [-0.2, -0.15) is 0 Å². The van der Waals surface area contributed by atoms with Crippen molar-refractivity contribution in [1.29, 1.82) is 0 Å². The number of nitrogens with one attached hydrogen (secondary N) is 1. The summed E-state index contributed by atoms with van der Waals surface area (Å²) in [5.74, 6) is -0.0196. The first-order valence-electron chi connectivity index (χ1n) is 5.69. The van der Waals surface area contributed by atoms with E-state index in [1.807, 2.05) is 0 Å². The highest BCUT2D eigenvalue weighted by molar-refractivity contribution is 6.30. The number of hydrogen-bond acceptors (Lipinski definition) is 3. The topological polar surface area (TPSA) is 58.4 Å². The van der Waals surface area contributed by atoms with Gasteiger partial charge in [0.15, 0.2) is 0 Å². The van der Waals surface area contributed by atoms with E-state index in [1.54, 1.807) is 29.2 Å². The first kappa shape index (κ1) is 12.4. The average molecular weight is 254 g/mol. The van der Waals surface area contributed by atoms with E-state index in [9.17, 15) is 4.79 Å². The minimum atomic E-state index is -0.592. The molecule has 92 valence electrons. The van der Waals surface area contributed by atoms with Crippen LogP contribution in [0.4, 0.5) is 0 Å². The monoisotopic (exact) mass is 253 g/mol. The highest BCUT2D eigenvalue weighted by Gasteiger charge is 2.23. The highest BCUT2D eigenvalue weighted by atomic mass is 35.5. The van der Waals surface area contributed by atoms with E-state index >= 15 is 0 Å². The van der Waals surface area contributed by atoms with Crippen molar-refractivity contribution in [1.82, 2.24) is 10.2 Å². The Morgan fingerprint density at radius 3 is 2.47 bits per heavy atom. The van der Waals surface area contributed by atoms with E-state index in [2.05, 4.69) is 5.32 Å². The van der Waals surface area contributed by atoms with Crippen LogP contribution in [0.2, 0.25) is 5.02 Å². The van der Waals surface area contributed by atoms with Crippen molar-refractivity contribution in [3.05, 3.63) is 34.9 Å². The summed E-state index contributed by atoms with van der Waals surface area (Å²) in [5.41, 5.74) is 6.77. The molecule has 0 saturated carbocycles. The Balaban J connectivity index is 2.05. The smallest absolute Gasteiger partial charge is 0.244 e. The molecule has 1 saturated heterocycles. The lowest BCUT2D eigenvalue weighted by Gasteiger charge is -2.29. The molecule has 2 rings (SSSR count). The van der Waals surface area contributed by atoms with Gasteiger partial charge < -0.3 is 16.0 Å². The Bertz CT molecular complexity index is 387. The fraction of sp³-hybridized carbons (Fsp3) is 0.417. The zero-order valence-corrected chi connectivity index (χ0v) is 10.3. The lowest BCUT2D eigenvalue weighted by Crippen LogP contribution is -2.49. The van der Waals surface area contributed by atoms with Crippen molar-refractivity contribution in [2.75, 3.05) is 26.2 Å². The highest BCUT2D eigenvalue weighted by Crippen LogP contribution is 2.16. The molecule has 1 aromatic rings. The van der Waals surface area contributed by atoms with Crippen LogP contribution in [0.1, 0.15) is 11.6 Å². The van der Waals surface area contributed by atoms with Gasteiger partial charge in [-0.3, -0.25) is 4.79 Å². The number of hydrogen-bond donors (Lipinski definition) is 2. The number of benzene rings is 1. The van der Waals surface area contributed by atoms with Gasteiger partial charge in [0.2, 0.25) is 5.91 Å². The third kappa shape index (κ3) is 2.97. The number of rotatable bonds is 2. The molecule has 1 fully saturated rings. The lowest BCUT2D eigenvalue weighted by molar-refractivity contribution is -0.133. The Labute approximate surface area is 106 Å². The Kier molecular flexibility index (Phi) is 3.99. The van der Waals surface area contributed by atoms with Gasteiger partial charge >= 0.3 is 0 Å². The van der Waals surface area contributed by atoms with Crippen molar-refractivity contribution >= 4 is 17.5 Å². The molecule has 1 heterocycles. The minimum Gasteiger partial charge on any atom is -0.339 e. The number of halogens is 1. The second-order valence-electron chi connectivity index (χ2n) is 4.10. The molecule has 1 aromatic carbocycles. The number of carbonyl (C=O) groups excluding carboxylic acids is 1. The Morgan fingerprint density at radius 2 is 1.88 bits per heavy atom. The van der Waals surface area contributed by atoms with E-state index in [4.69, 9.17) is 17.3 Å². The Hall–Kier alpha value is -1.10. The van der Waals surface area contributed by atoms with Gasteiger partial charge in [0, 0.05) is 31.2 Å². The van der Waals surface area contributed by atoms with Crippen LogP contribution < -0.4 is 11.1 Å². The third-order valence-electron chi connectivity index (χ3n) is 2.92. The van der Waals surface area contributed by atoms with Crippen molar-refractivity contribution in [2.45, 2.75) is 6.04 Å². The molecule has 4 nitrogen and oxygen atoms in total. The molecule has 3 N–H and O–H groups in total. The van der Waals surface area contributed by atoms with Gasteiger partial charge in [-0.05, 0) is 17.7 Å². The number of nitrogens with two attached hydrogens (primary N) is 1. The van der Waals surface area contributed by atoms with E-state index in [0.717, 1.165) is 31.7 Å². The fourth-order valence-corrected chi connectivity index (χ4v) is 2.02. The molecule has 1 aliphatic rings. The predicted octanol–water partition coefficient (Wildman–Crippen LogP) is 0.772. The van der Waals surface area contributed by atoms with Crippen LogP contribution in [-0.2, 0) is 4.79 Å². The van der Waals surface area contributed by atoms with E-state index in [1.165, 1.54) is 0 Å². The summed E-state index contributed by atoms with van der Waals surface area (Å²) < 4.78 is 0. The number of nitrogens with zero attached hydrogens (tertiary/aromatic N) is 1. The Morgan fingerprint density at radius 1 is 1.29 bits per heavy atom. The van der Waals surface area contributed by atoms with E-state index < -0.39 is 6.04 Å². The summed E-state index contributed by atoms with van der Waals surface area (Å²) in [6.45, 7) is 3.11. The van der Waals surface area contributed by atoms with Crippen molar-refractivity contribution in [2.24, 2.45) is 5.73 Å². The van der Waals surface area contributed by atoms with Gasteiger partial charge in [0.1, 0.15) is 6.04 Å². The number of piperazine rings is 1. The van der Waals surface area contributed by atoms with Crippen LogP contribution in [0.5, 0.6) is 0 Å². The fourth-order valence-electron chi connectivity index (χ4n) is 1.89. The maximum atomic E-state index is 12.1. The van der Waals surface area contributed by atoms with E-state index in [0.29, 0.717) is 5.02 Å². The molecular weight excluding hydrogens is 238 g/mol. The van der Waals surface area contributed by atoms with Gasteiger partial charge in [-0.25, -0.2) is 0 Å². The standard InChI is InChI=1S/C12H16ClN3O/c13-10-3-1-9(2-4-10)11(14)12(17)16-7-5-15-6-8-16/h1-4,11,15H,5-8,14H2. The molecular formula is C12H16ClN3O. The second-order valence-corrected chi connectivity index (χ2v) is 4.54. The molecule has 0 aliphatic carbocycles. The predicted molar refractivity (Wildman–Crippen MR) is 67.8 cm³/mol. The van der Waals surface area contributed by atoms with Gasteiger partial charge in [0.05, 0.1) is 0 Å². The second kappa shape index (κ2) is 5.49. The first-order valence-corrected chi connectivity index (χ1v) is 6.07. The molecule has 1 amide bonds. The van der Waals surface area contributed by atoms with Gasteiger partial charge in [-0.15, -0.1) is 0 Å². The SMILES string of the molecule is NC(C(=O)N1CCNCC1)c1ccc(Cl)cc1. The molecule has 0 aromatic heterocycles. The summed E-state index contributed by atoms with van der Waals surface area (Å²) in [6.07, 6.45) is 0. The van der Waals surface area contributed by atoms with Gasteiger partial charge in [-0.1, -0.05) is 23.7 Å². The van der Waals surface area contributed by atoms with Crippen LogP contribution in [-0.4, -0.2) is 37.0 Å². The summed E-state index contributed by atoms with van der Waals surface area (Å²) >= 11 is 5.80. The maximum absolute atomic E-state index is 12.1. The zero-order chi connectivity index (χ0) is 12.3. The summed E-state index contributed by atoms with van der Waals surface area (Å²) in [6, 6.07) is 6.51. The lowest BCUT2D eigenvalue weighted by atomic mass is 10.1. The molecule has 1 unspecified atom stereocenters. The van der Waals surface area contributed by atoms with Gasteiger partial charge in [0.25, 0.3) is 0 Å². The normalized spacial score (nSPS) is 17.9. The van der Waals surface area contributed by atoms with Crippen molar-refractivity contribution < 1.29 is 4.79 Å². The van der Waals surface area contributed by atoms with Crippen molar-refractivity contribution in [3.63, 3.8) is 0 Å².